The summed E-state index contributed by atoms with van der Waals surface area (Å²) in [6, 6.07) is 9.57. The number of carbonyl (C=O) groups excluding carboxylic acids is 1. The number of amides is 1. The minimum Gasteiger partial charge on any atom is -0.366 e. The molecule has 1 N–H and O–H groups in total. The molecular weight excluding hydrogens is 348 g/mol. The van der Waals surface area contributed by atoms with Crippen LogP contribution in [0.4, 0.5) is 5.82 Å². The van der Waals surface area contributed by atoms with Crippen molar-refractivity contribution >= 4 is 23.3 Å². The van der Waals surface area contributed by atoms with Crippen molar-refractivity contribution in [3.8, 4) is 0 Å². The van der Waals surface area contributed by atoms with Crippen molar-refractivity contribution in [2.75, 3.05) is 18.4 Å². The first kappa shape index (κ1) is 17.3. The fraction of sp³-hybridized carbons (Fsp3) is 0.450. The largest absolute Gasteiger partial charge is 0.366 e. The first-order valence-electron chi connectivity index (χ1n) is 9.35. The predicted octanol–water partition coefficient (Wildman–Crippen LogP) is 4.25. The van der Waals surface area contributed by atoms with Crippen LogP contribution in [0, 0.1) is 0 Å². The molecule has 1 aliphatic carbocycles. The van der Waals surface area contributed by atoms with Gasteiger partial charge >= 0.3 is 0 Å². The van der Waals surface area contributed by atoms with Crippen molar-refractivity contribution in [1.82, 2.24) is 14.9 Å². The maximum Gasteiger partial charge on any atom is 0.253 e. The van der Waals surface area contributed by atoms with Crippen LogP contribution in [0.2, 0.25) is 5.15 Å². The summed E-state index contributed by atoms with van der Waals surface area (Å²) in [5.41, 5.74) is 1.86. The van der Waals surface area contributed by atoms with E-state index in [1.807, 2.05) is 29.2 Å². The Kier molecular flexibility index (Phi) is 5.07. The number of carbonyl (C=O) groups is 1. The van der Waals surface area contributed by atoms with E-state index in [4.69, 9.17) is 11.6 Å². The zero-order valence-corrected chi connectivity index (χ0v) is 15.5. The van der Waals surface area contributed by atoms with E-state index in [1.165, 1.54) is 6.42 Å². The van der Waals surface area contributed by atoms with Gasteiger partial charge in [-0.25, -0.2) is 9.97 Å². The number of nitrogens with zero attached hydrogens (tertiary/aromatic N) is 3. The molecule has 6 heteroatoms. The molecule has 5 nitrogen and oxygen atoms in total. The van der Waals surface area contributed by atoms with E-state index < -0.39 is 0 Å². The molecule has 4 rings (SSSR count). The van der Waals surface area contributed by atoms with Crippen LogP contribution in [0.1, 0.15) is 59.8 Å². The van der Waals surface area contributed by atoms with Crippen LogP contribution in [-0.4, -0.2) is 33.9 Å². The molecule has 2 aromatic rings. The van der Waals surface area contributed by atoms with Gasteiger partial charge in [-0.15, -0.1) is 0 Å². The monoisotopic (exact) mass is 370 g/mol. The van der Waals surface area contributed by atoms with E-state index in [9.17, 15) is 4.79 Å². The lowest BCUT2D eigenvalue weighted by Crippen LogP contribution is -2.35. The Morgan fingerprint density at radius 2 is 1.85 bits per heavy atom. The number of rotatable bonds is 5. The highest BCUT2D eigenvalue weighted by molar-refractivity contribution is 6.29. The van der Waals surface area contributed by atoms with Crippen LogP contribution in [-0.2, 0) is 6.54 Å². The third kappa shape index (κ3) is 4.15. The molecule has 2 heterocycles. The maximum atomic E-state index is 12.5. The van der Waals surface area contributed by atoms with Crippen LogP contribution < -0.4 is 5.32 Å². The molecule has 0 atom stereocenters. The zero-order chi connectivity index (χ0) is 17.9. The number of hydrogen-bond donors (Lipinski definition) is 1. The minimum absolute atomic E-state index is 0.140. The lowest BCUT2D eigenvalue weighted by atomic mass is 10.1. The Bertz CT molecular complexity index is 783. The summed E-state index contributed by atoms with van der Waals surface area (Å²) < 4.78 is 0. The van der Waals surface area contributed by atoms with Gasteiger partial charge in [-0.05, 0) is 49.8 Å². The van der Waals surface area contributed by atoms with E-state index in [-0.39, 0.29) is 5.91 Å². The summed E-state index contributed by atoms with van der Waals surface area (Å²) in [6.45, 7) is 2.38. The SMILES string of the molecule is O=C(c1ccc(CNc2cc(Cl)nc(C3CC3)n2)cc1)N1CCCCC1. The number of aromatic nitrogens is 2. The van der Waals surface area contributed by atoms with Crippen molar-refractivity contribution in [3.63, 3.8) is 0 Å². The Hall–Kier alpha value is -2.14. The second-order valence-electron chi connectivity index (χ2n) is 7.11. The highest BCUT2D eigenvalue weighted by atomic mass is 35.5. The quantitative estimate of drug-likeness (QED) is 0.799. The van der Waals surface area contributed by atoms with Crippen LogP contribution in [0.15, 0.2) is 30.3 Å². The van der Waals surface area contributed by atoms with Crippen molar-refractivity contribution in [1.29, 1.82) is 0 Å². The molecular formula is C20H23ClN4O. The van der Waals surface area contributed by atoms with Gasteiger partial charge < -0.3 is 10.2 Å². The minimum atomic E-state index is 0.140. The standard InChI is InChI=1S/C20H23ClN4O/c21-17-12-18(24-19(23-17)15-8-9-15)22-13-14-4-6-16(7-5-14)20(26)25-10-2-1-3-11-25/h4-7,12,15H,1-3,8-11,13H2,(H,22,23,24). The van der Waals surface area contributed by atoms with Gasteiger partial charge in [0.25, 0.3) is 5.91 Å². The number of nitrogens with one attached hydrogen (secondary N) is 1. The third-order valence-corrected chi connectivity index (χ3v) is 5.17. The number of halogens is 1. The second-order valence-corrected chi connectivity index (χ2v) is 7.50. The van der Waals surface area contributed by atoms with E-state index in [2.05, 4.69) is 15.3 Å². The molecule has 26 heavy (non-hydrogen) atoms. The molecule has 136 valence electrons. The van der Waals surface area contributed by atoms with Gasteiger partial charge in [-0.3, -0.25) is 4.79 Å². The third-order valence-electron chi connectivity index (χ3n) is 4.97. The maximum absolute atomic E-state index is 12.5. The van der Waals surface area contributed by atoms with Gasteiger partial charge in [0.1, 0.15) is 16.8 Å². The molecule has 1 saturated heterocycles. The Morgan fingerprint density at radius 3 is 2.54 bits per heavy atom. The van der Waals surface area contributed by atoms with Gasteiger partial charge in [0.05, 0.1) is 0 Å². The second kappa shape index (κ2) is 7.62. The average molecular weight is 371 g/mol. The smallest absolute Gasteiger partial charge is 0.253 e. The first-order chi connectivity index (χ1) is 12.7. The van der Waals surface area contributed by atoms with Gasteiger partial charge in [-0.2, -0.15) is 0 Å². The lowest BCUT2D eigenvalue weighted by molar-refractivity contribution is 0.0724. The van der Waals surface area contributed by atoms with Crippen LogP contribution >= 0.6 is 11.6 Å². The van der Waals surface area contributed by atoms with Crippen LogP contribution in [0.3, 0.4) is 0 Å². The van der Waals surface area contributed by atoms with Crippen molar-refractivity contribution in [2.45, 2.75) is 44.6 Å². The average Bonchev–Trinajstić information content (AvgIpc) is 3.52. The van der Waals surface area contributed by atoms with Crippen molar-refractivity contribution in [2.24, 2.45) is 0 Å². The van der Waals surface area contributed by atoms with Crippen molar-refractivity contribution in [3.05, 3.63) is 52.4 Å². The number of benzene rings is 1. The molecule has 1 aromatic heterocycles. The molecule has 2 fully saturated rings. The number of piperidine rings is 1. The number of hydrogen-bond acceptors (Lipinski definition) is 4. The molecule has 0 radical (unpaired) electrons. The lowest BCUT2D eigenvalue weighted by Gasteiger charge is -2.26. The van der Waals surface area contributed by atoms with Crippen LogP contribution in [0.25, 0.3) is 0 Å². The molecule has 1 aromatic carbocycles. The summed E-state index contributed by atoms with van der Waals surface area (Å²) in [7, 11) is 0. The number of likely N-dealkylation sites (tertiary alicyclic amines) is 1. The van der Waals surface area contributed by atoms with E-state index in [0.717, 1.165) is 61.5 Å². The summed E-state index contributed by atoms with van der Waals surface area (Å²) in [4.78, 5) is 23.3. The molecule has 0 unspecified atom stereocenters. The molecule has 0 bridgehead atoms. The fourth-order valence-corrected chi connectivity index (χ4v) is 3.48. The van der Waals surface area contributed by atoms with Gasteiger partial charge in [0, 0.05) is 37.2 Å². The topological polar surface area (TPSA) is 58.1 Å². The summed E-state index contributed by atoms with van der Waals surface area (Å²) in [6.07, 6.45) is 5.73. The first-order valence-corrected chi connectivity index (χ1v) is 9.73. The Morgan fingerprint density at radius 1 is 1.12 bits per heavy atom. The van der Waals surface area contributed by atoms with Gasteiger partial charge in [0.2, 0.25) is 0 Å². The Balaban J connectivity index is 1.37. The van der Waals surface area contributed by atoms with Gasteiger partial charge in [-0.1, -0.05) is 23.7 Å². The highest BCUT2D eigenvalue weighted by Crippen LogP contribution is 2.38. The van der Waals surface area contributed by atoms with Crippen molar-refractivity contribution < 1.29 is 4.79 Å². The molecule has 1 aliphatic heterocycles. The highest BCUT2D eigenvalue weighted by Gasteiger charge is 2.27. The Labute approximate surface area is 158 Å². The molecule has 0 spiro atoms. The van der Waals surface area contributed by atoms with Crippen LogP contribution in [0.5, 0.6) is 0 Å². The predicted molar refractivity (Wildman–Crippen MR) is 103 cm³/mol. The van der Waals surface area contributed by atoms with E-state index in [0.29, 0.717) is 17.6 Å². The van der Waals surface area contributed by atoms with E-state index in [1.54, 1.807) is 6.07 Å². The fourth-order valence-electron chi connectivity index (χ4n) is 3.29. The number of anilines is 1. The zero-order valence-electron chi connectivity index (χ0n) is 14.7. The summed E-state index contributed by atoms with van der Waals surface area (Å²) in [5.74, 6) is 2.19. The molecule has 2 aliphatic rings. The van der Waals surface area contributed by atoms with E-state index >= 15 is 0 Å². The normalized spacial score (nSPS) is 17.2. The molecule has 1 amide bonds. The molecule has 1 saturated carbocycles. The van der Waals surface area contributed by atoms with Gasteiger partial charge in [0.15, 0.2) is 0 Å². The summed E-state index contributed by atoms with van der Waals surface area (Å²) in [5, 5.41) is 3.78. The summed E-state index contributed by atoms with van der Waals surface area (Å²) >= 11 is 6.10.